The maximum absolute atomic E-state index is 12.0. The number of hydrogen-bond donors (Lipinski definition) is 0. The predicted octanol–water partition coefficient (Wildman–Crippen LogP) is 1.11. The number of rotatable bonds is 2. The van der Waals surface area contributed by atoms with E-state index >= 15 is 0 Å². The first-order valence-electron chi connectivity index (χ1n) is 6.20. The Balaban J connectivity index is 2.07. The second-order valence-corrected chi connectivity index (χ2v) is 4.63. The molecule has 2 aromatic heterocycles. The molecule has 0 atom stereocenters. The quantitative estimate of drug-likeness (QED) is 0.807. The van der Waals surface area contributed by atoms with Gasteiger partial charge in [0.15, 0.2) is 11.6 Å². The second-order valence-electron chi connectivity index (χ2n) is 4.63. The number of hydrogen-bond acceptors (Lipinski definition) is 5. The summed E-state index contributed by atoms with van der Waals surface area (Å²) < 4.78 is 6.59. The fraction of sp³-hybridized carbons (Fsp3) is 0.385. The molecule has 0 spiro atoms. The molecule has 1 aliphatic carbocycles. The van der Waals surface area contributed by atoms with E-state index in [-0.39, 0.29) is 17.9 Å². The molecule has 0 unspecified atom stereocenters. The van der Waals surface area contributed by atoms with Crippen molar-refractivity contribution >= 4 is 5.78 Å². The predicted molar refractivity (Wildman–Crippen MR) is 66.1 cm³/mol. The van der Waals surface area contributed by atoms with Gasteiger partial charge in [-0.1, -0.05) is 5.16 Å². The third-order valence-electron chi connectivity index (χ3n) is 3.28. The number of nitrogens with zero attached hydrogens (tertiary/aromatic N) is 3. The smallest absolute Gasteiger partial charge is 0.251 e. The van der Waals surface area contributed by atoms with Gasteiger partial charge >= 0.3 is 0 Å². The van der Waals surface area contributed by atoms with Gasteiger partial charge in [0, 0.05) is 23.7 Å². The largest absolute Gasteiger partial charge is 0.337 e. The Morgan fingerprint density at radius 3 is 2.89 bits per heavy atom. The van der Waals surface area contributed by atoms with E-state index in [2.05, 4.69) is 10.1 Å². The first kappa shape index (κ1) is 11.8. The molecule has 1 aliphatic rings. The molecule has 0 radical (unpaired) electrons. The van der Waals surface area contributed by atoms with Crippen molar-refractivity contribution in [1.29, 1.82) is 0 Å². The van der Waals surface area contributed by atoms with E-state index in [0.717, 1.165) is 18.5 Å². The Labute approximate surface area is 109 Å². The molecule has 98 valence electrons. The van der Waals surface area contributed by atoms with Crippen molar-refractivity contribution in [2.75, 3.05) is 0 Å². The molecule has 0 amide bonds. The Bertz CT molecular complexity index is 699. The highest BCUT2D eigenvalue weighted by atomic mass is 16.5. The van der Waals surface area contributed by atoms with Crippen LogP contribution in [0.25, 0.3) is 0 Å². The Kier molecular flexibility index (Phi) is 2.77. The van der Waals surface area contributed by atoms with Crippen LogP contribution in [0.5, 0.6) is 0 Å². The van der Waals surface area contributed by atoms with E-state index in [0.29, 0.717) is 23.7 Å². The molecule has 0 fully saturated rings. The van der Waals surface area contributed by atoms with Gasteiger partial charge in [0.05, 0.1) is 0 Å². The molecule has 2 heterocycles. The minimum atomic E-state index is -0.149. The molecular weight excluding hydrogens is 246 g/mol. The van der Waals surface area contributed by atoms with Crippen LogP contribution in [0.15, 0.2) is 21.5 Å². The lowest BCUT2D eigenvalue weighted by Gasteiger charge is -2.18. The van der Waals surface area contributed by atoms with Gasteiger partial charge in [-0.25, -0.2) is 0 Å². The number of carbonyl (C=O) groups excluding carboxylic acids is 1. The zero-order valence-electron chi connectivity index (χ0n) is 10.5. The zero-order chi connectivity index (χ0) is 13.4. The summed E-state index contributed by atoms with van der Waals surface area (Å²) in [5.74, 6) is 1.01. The molecule has 6 nitrogen and oxygen atoms in total. The van der Waals surface area contributed by atoms with Crippen LogP contribution < -0.4 is 5.56 Å². The molecule has 2 aromatic rings. The third kappa shape index (κ3) is 2.09. The number of fused-ring (bicyclic) bond motifs is 1. The summed E-state index contributed by atoms with van der Waals surface area (Å²) >= 11 is 0. The van der Waals surface area contributed by atoms with Crippen LogP contribution in [0, 0.1) is 6.92 Å². The molecule has 3 rings (SSSR count). The van der Waals surface area contributed by atoms with Crippen molar-refractivity contribution in [3.63, 3.8) is 0 Å². The maximum Gasteiger partial charge on any atom is 0.251 e. The van der Waals surface area contributed by atoms with Crippen molar-refractivity contribution in [1.82, 2.24) is 14.7 Å². The van der Waals surface area contributed by atoms with Gasteiger partial charge in [-0.05, 0) is 25.8 Å². The highest BCUT2D eigenvalue weighted by Crippen LogP contribution is 2.20. The summed E-state index contributed by atoms with van der Waals surface area (Å²) in [7, 11) is 0. The van der Waals surface area contributed by atoms with Gasteiger partial charge < -0.3 is 9.09 Å². The van der Waals surface area contributed by atoms with Crippen LogP contribution in [-0.2, 0) is 13.0 Å². The fourth-order valence-electron chi connectivity index (χ4n) is 2.41. The molecule has 0 aliphatic heterocycles. The zero-order valence-corrected chi connectivity index (χ0v) is 10.5. The van der Waals surface area contributed by atoms with Crippen LogP contribution in [0.1, 0.15) is 40.6 Å². The number of aryl methyl sites for hydroxylation is 1. The van der Waals surface area contributed by atoms with E-state index in [1.807, 2.05) is 0 Å². The summed E-state index contributed by atoms with van der Waals surface area (Å²) in [6, 6.07) is 3.04. The Hall–Kier alpha value is -2.24. The third-order valence-corrected chi connectivity index (χ3v) is 3.28. The van der Waals surface area contributed by atoms with E-state index in [1.165, 1.54) is 6.07 Å². The first-order valence-corrected chi connectivity index (χ1v) is 6.20. The van der Waals surface area contributed by atoms with Crippen LogP contribution in [-0.4, -0.2) is 20.5 Å². The van der Waals surface area contributed by atoms with E-state index in [4.69, 9.17) is 4.52 Å². The Morgan fingerprint density at radius 2 is 2.16 bits per heavy atom. The molecular formula is C13H13N3O3. The van der Waals surface area contributed by atoms with Crippen LogP contribution >= 0.6 is 0 Å². The second kappa shape index (κ2) is 4.46. The normalized spacial score (nSPS) is 14.5. The molecule has 19 heavy (non-hydrogen) atoms. The van der Waals surface area contributed by atoms with Crippen molar-refractivity contribution < 1.29 is 9.32 Å². The van der Waals surface area contributed by atoms with Crippen LogP contribution in [0.4, 0.5) is 0 Å². The topological polar surface area (TPSA) is 78.0 Å². The molecule has 0 N–H and O–H groups in total. The van der Waals surface area contributed by atoms with Crippen molar-refractivity contribution in [2.45, 2.75) is 32.7 Å². The van der Waals surface area contributed by atoms with Gasteiger partial charge in [0.2, 0.25) is 5.89 Å². The van der Waals surface area contributed by atoms with Gasteiger partial charge in [-0.3, -0.25) is 9.59 Å². The average molecular weight is 259 g/mol. The van der Waals surface area contributed by atoms with Crippen LogP contribution in [0.3, 0.4) is 0 Å². The molecule has 0 saturated carbocycles. The SMILES string of the molecule is Cc1noc(Cn2c3c(ccc2=O)C(=O)CCC3)n1. The summed E-state index contributed by atoms with van der Waals surface area (Å²) in [5, 5.41) is 3.70. The molecule has 0 saturated heterocycles. The molecule has 6 heteroatoms. The van der Waals surface area contributed by atoms with Gasteiger partial charge in [0.25, 0.3) is 5.56 Å². The first-order chi connectivity index (χ1) is 9.15. The van der Waals surface area contributed by atoms with Crippen molar-refractivity contribution in [3.05, 3.63) is 45.5 Å². The number of aromatic nitrogens is 3. The summed E-state index contributed by atoms with van der Waals surface area (Å²) in [4.78, 5) is 27.9. The van der Waals surface area contributed by atoms with E-state index < -0.39 is 0 Å². The minimum absolute atomic E-state index is 0.0942. The lowest BCUT2D eigenvalue weighted by atomic mass is 9.94. The maximum atomic E-state index is 12.0. The lowest BCUT2D eigenvalue weighted by molar-refractivity contribution is 0.0970. The average Bonchev–Trinajstić information content (AvgIpc) is 2.79. The van der Waals surface area contributed by atoms with Gasteiger partial charge in [-0.15, -0.1) is 0 Å². The highest BCUT2D eigenvalue weighted by molar-refractivity contribution is 5.97. The number of ketones is 1. The standard InChI is InChI=1S/C13H13N3O3/c1-8-14-12(19-15-8)7-16-10-3-2-4-11(17)9(10)5-6-13(16)18/h5-6H,2-4,7H2,1H3. The van der Waals surface area contributed by atoms with Crippen molar-refractivity contribution in [3.8, 4) is 0 Å². The lowest BCUT2D eigenvalue weighted by Crippen LogP contribution is -2.28. The Morgan fingerprint density at radius 1 is 1.32 bits per heavy atom. The van der Waals surface area contributed by atoms with Crippen molar-refractivity contribution in [2.24, 2.45) is 0 Å². The number of Topliss-reactive ketones (excluding diaryl/α,β-unsaturated/α-hetero) is 1. The van der Waals surface area contributed by atoms with E-state index in [9.17, 15) is 9.59 Å². The summed E-state index contributed by atoms with van der Waals surface area (Å²) in [6.07, 6.45) is 2.05. The monoisotopic (exact) mass is 259 g/mol. The summed E-state index contributed by atoms with van der Waals surface area (Å²) in [6.45, 7) is 1.94. The minimum Gasteiger partial charge on any atom is -0.337 e. The van der Waals surface area contributed by atoms with Gasteiger partial charge in [0.1, 0.15) is 6.54 Å². The van der Waals surface area contributed by atoms with Crippen LogP contribution in [0.2, 0.25) is 0 Å². The summed E-state index contributed by atoms with van der Waals surface area (Å²) in [5.41, 5.74) is 1.27. The van der Waals surface area contributed by atoms with Gasteiger partial charge in [-0.2, -0.15) is 4.98 Å². The fourth-order valence-corrected chi connectivity index (χ4v) is 2.41. The highest BCUT2D eigenvalue weighted by Gasteiger charge is 2.21. The number of carbonyl (C=O) groups is 1. The number of pyridine rings is 1. The molecule has 0 aromatic carbocycles. The van der Waals surface area contributed by atoms with E-state index in [1.54, 1.807) is 17.6 Å². The molecule has 0 bridgehead atoms.